The average molecular weight is 389 g/mol. The van der Waals surface area contributed by atoms with Gasteiger partial charge >= 0.3 is 0 Å². The van der Waals surface area contributed by atoms with Gasteiger partial charge in [0.2, 0.25) is 0 Å². The molecule has 4 aromatic rings. The molecule has 0 aliphatic rings. The van der Waals surface area contributed by atoms with Crippen molar-refractivity contribution in [3.8, 4) is 5.75 Å². The summed E-state index contributed by atoms with van der Waals surface area (Å²) in [5.74, 6) is 0.731. The van der Waals surface area contributed by atoms with Gasteiger partial charge in [-0.2, -0.15) is 0 Å². The van der Waals surface area contributed by atoms with E-state index >= 15 is 0 Å². The van der Waals surface area contributed by atoms with Gasteiger partial charge in [0.05, 0.1) is 23.2 Å². The molecule has 0 amide bonds. The second-order valence-corrected chi connectivity index (χ2v) is 8.16. The maximum absolute atomic E-state index is 13.5. The number of benzene rings is 3. The van der Waals surface area contributed by atoms with Crippen LogP contribution in [0.15, 0.2) is 96.4 Å². The van der Waals surface area contributed by atoms with Gasteiger partial charge in [-0.05, 0) is 47.5 Å². The lowest BCUT2D eigenvalue weighted by Crippen LogP contribution is -2.15. The Morgan fingerprint density at radius 2 is 1.54 bits per heavy atom. The minimum Gasteiger partial charge on any atom is -0.497 e. The highest BCUT2D eigenvalue weighted by Crippen LogP contribution is 2.32. The van der Waals surface area contributed by atoms with Crippen molar-refractivity contribution in [2.24, 2.45) is 0 Å². The molecule has 0 aliphatic carbocycles. The number of ether oxygens (including phenoxy) is 1. The van der Waals surface area contributed by atoms with Crippen molar-refractivity contribution in [2.75, 3.05) is 7.11 Å². The minimum absolute atomic E-state index is 0.236. The summed E-state index contributed by atoms with van der Waals surface area (Å²) < 4.78 is 33.5. The van der Waals surface area contributed by atoms with Crippen molar-refractivity contribution < 1.29 is 13.2 Å². The lowest BCUT2D eigenvalue weighted by atomic mass is 10.0. The molecule has 1 aromatic heterocycles. The van der Waals surface area contributed by atoms with E-state index < -0.39 is 10.0 Å². The Bertz CT molecular complexity index is 1250. The first-order chi connectivity index (χ1) is 13.5. The van der Waals surface area contributed by atoms with Crippen LogP contribution in [-0.2, 0) is 10.0 Å². The molecule has 0 saturated heterocycles. The minimum atomic E-state index is -3.79. The predicted molar refractivity (Wildman–Crippen MR) is 112 cm³/mol. The van der Waals surface area contributed by atoms with E-state index in [0.717, 1.165) is 16.7 Å². The lowest BCUT2D eigenvalue weighted by Gasteiger charge is -2.14. The van der Waals surface area contributed by atoms with Gasteiger partial charge in [-0.1, -0.05) is 55.1 Å². The summed E-state index contributed by atoms with van der Waals surface area (Å²) in [5.41, 5.74) is 2.61. The molecule has 5 heteroatoms. The molecular weight excluding hydrogens is 370 g/mol. The molecule has 1 heterocycles. The zero-order valence-corrected chi connectivity index (χ0v) is 16.2. The highest BCUT2D eigenvalue weighted by Gasteiger charge is 2.24. The summed E-state index contributed by atoms with van der Waals surface area (Å²) in [7, 11) is -2.18. The van der Waals surface area contributed by atoms with Crippen LogP contribution in [0.1, 0.15) is 11.3 Å². The Morgan fingerprint density at radius 1 is 0.893 bits per heavy atom. The Hall–Kier alpha value is -3.31. The number of hydrogen-bond acceptors (Lipinski definition) is 3. The number of rotatable bonds is 5. The van der Waals surface area contributed by atoms with Crippen molar-refractivity contribution >= 4 is 26.5 Å². The number of nitrogens with zero attached hydrogens (tertiary/aromatic N) is 1. The van der Waals surface area contributed by atoms with Gasteiger partial charge in [0.1, 0.15) is 5.75 Å². The quantitative estimate of drug-likeness (QED) is 0.485. The zero-order valence-electron chi connectivity index (χ0n) is 15.4. The molecule has 0 radical (unpaired) electrons. The van der Waals surface area contributed by atoms with Crippen molar-refractivity contribution in [1.82, 2.24) is 3.97 Å². The van der Waals surface area contributed by atoms with Gasteiger partial charge in [-0.15, -0.1) is 0 Å². The molecule has 0 unspecified atom stereocenters. The molecule has 0 aliphatic heterocycles. The first-order valence-electron chi connectivity index (χ1n) is 8.77. The maximum Gasteiger partial charge on any atom is 0.268 e. The molecule has 28 heavy (non-hydrogen) atoms. The van der Waals surface area contributed by atoms with Gasteiger partial charge in [0, 0.05) is 5.39 Å². The molecule has 0 spiro atoms. The van der Waals surface area contributed by atoms with Gasteiger partial charge in [-0.25, -0.2) is 12.4 Å². The highest BCUT2D eigenvalue weighted by atomic mass is 32.2. The van der Waals surface area contributed by atoms with Crippen LogP contribution in [0.5, 0.6) is 5.75 Å². The van der Waals surface area contributed by atoms with E-state index in [0.29, 0.717) is 16.8 Å². The van der Waals surface area contributed by atoms with E-state index in [-0.39, 0.29) is 4.90 Å². The Morgan fingerprint density at radius 3 is 2.21 bits per heavy atom. The molecule has 4 nitrogen and oxygen atoms in total. The van der Waals surface area contributed by atoms with Crippen molar-refractivity contribution in [3.05, 3.63) is 103 Å². The molecule has 0 fully saturated rings. The molecular formula is C23H19NO3S. The van der Waals surface area contributed by atoms with Crippen LogP contribution in [0.3, 0.4) is 0 Å². The predicted octanol–water partition coefficient (Wildman–Crippen LogP) is 4.95. The molecule has 4 rings (SSSR count). The van der Waals surface area contributed by atoms with Gasteiger partial charge in [0.25, 0.3) is 10.0 Å². The fourth-order valence-corrected chi connectivity index (χ4v) is 4.80. The second kappa shape index (κ2) is 7.02. The van der Waals surface area contributed by atoms with Crippen LogP contribution in [0.4, 0.5) is 0 Å². The third-order valence-corrected chi connectivity index (χ3v) is 6.44. The van der Waals surface area contributed by atoms with E-state index in [1.165, 1.54) is 3.97 Å². The van der Waals surface area contributed by atoms with Crippen LogP contribution < -0.4 is 4.74 Å². The molecule has 0 N–H and O–H groups in total. The smallest absolute Gasteiger partial charge is 0.268 e. The third-order valence-electron chi connectivity index (χ3n) is 4.70. The number of fused-ring (bicyclic) bond motifs is 1. The lowest BCUT2D eigenvalue weighted by molar-refractivity contribution is 0.415. The van der Waals surface area contributed by atoms with Crippen LogP contribution in [0, 0.1) is 0 Å². The van der Waals surface area contributed by atoms with Crippen LogP contribution >= 0.6 is 0 Å². The van der Waals surface area contributed by atoms with Crippen LogP contribution in [-0.4, -0.2) is 19.5 Å². The van der Waals surface area contributed by atoms with E-state index in [9.17, 15) is 8.42 Å². The molecule has 0 bridgehead atoms. The maximum atomic E-state index is 13.5. The number of para-hydroxylation sites is 1. The topological polar surface area (TPSA) is 48.3 Å². The highest BCUT2D eigenvalue weighted by molar-refractivity contribution is 7.90. The third kappa shape index (κ3) is 3.00. The van der Waals surface area contributed by atoms with Gasteiger partial charge in [-0.3, -0.25) is 0 Å². The summed E-state index contributed by atoms with van der Waals surface area (Å²) >= 11 is 0. The van der Waals surface area contributed by atoms with E-state index in [1.54, 1.807) is 43.5 Å². The molecule has 140 valence electrons. The standard InChI is InChI=1S/C23H19NO3S/c1-17(18-12-14-20(27-2)15-13-18)23-16-19-8-6-7-11-22(19)24(23)28(25,26)21-9-4-3-5-10-21/h3-16H,1H2,2H3. The van der Waals surface area contributed by atoms with Crippen molar-refractivity contribution in [3.63, 3.8) is 0 Å². The summed E-state index contributed by atoms with van der Waals surface area (Å²) in [5, 5.41) is 0.840. The zero-order chi connectivity index (χ0) is 19.7. The van der Waals surface area contributed by atoms with Gasteiger partial charge < -0.3 is 4.74 Å². The summed E-state index contributed by atoms with van der Waals surface area (Å²) in [6.45, 7) is 4.19. The Labute approximate surface area is 164 Å². The van der Waals surface area contributed by atoms with E-state index in [4.69, 9.17) is 4.74 Å². The SMILES string of the molecule is C=C(c1ccc(OC)cc1)c1cc2ccccc2n1S(=O)(=O)c1ccccc1. The Balaban J connectivity index is 1.94. The van der Waals surface area contributed by atoms with Crippen molar-refractivity contribution in [2.45, 2.75) is 4.90 Å². The molecule has 0 atom stereocenters. The normalized spacial score (nSPS) is 11.5. The summed E-state index contributed by atoms with van der Waals surface area (Å²) in [6.07, 6.45) is 0. The molecule has 3 aromatic carbocycles. The average Bonchev–Trinajstić information content (AvgIpc) is 3.14. The second-order valence-electron chi connectivity index (χ2n) is 6.38. The van der Waals surface area contributed by atoms with E-state index in [2.05, 4.69) is 6.58 Å². The monoisotopic (exact) mass is 389 g/mol. The largest absolute Gasteiger partial charge is 0.497 e. The first kappa shape index (κ1) is 18.1. The summed E-state index contributed by atoms with van der Waals surface area (Å²) in [4.78, 5) is 0.236. The fraction of sp³-hybridized carbons (Fsp3) is 0.0435. The fourth-order valence-electron chi connectivity index (χ4n) is 3.24. The number of methoxy groups -OCH3 is 1. The summed E-state index contributed by atoms with van der Waals surface area (Å²) in [6, 6.07) is 25.1. The first-order valence-corrected chi connectivity index (χ1v) is 10.2. The number of aromatic nitrogens is 1. The van der Waals surface area contributed by atoms with Crippen LogP contribution in [0.2, 0.25) is 0 Å². The van der Waals surface area contributed by atoms with E-state index in [1.807, 2.05) is 48.5 Å². The van der Waals surface area contributed by atoms with Crippen molar-refractivity contribution in [1.29, 1.82) is 0 Å². The molecule has 0 saturated carbocycles. The Kier molecular flexibility index (Phi) is 4.53. The van der Waals surface area contributed by atoms with Crippen LogP contribution in [0.25, 0.3) is 16.5 Å². The number of hydrogen-bond donors (Lipinski definition) is 0. The van der Waals surface area contributed by atoms with Gasteiger partial charge in [0.15, 0.2) is 0 Å².